The summed E-state index contributed by atoms with van der Waals surface area (Å²) >= 11 is 7.12. The number of carbonyl (C=O) groups excluding carboxylic acids is 1. The Morgan fingerprint density at radius 3 is 2.42 bits per heavy atom. The number of carboxylic acid groups (broad SMARTS) is 1. The van der Waals surface area contributed by atoms with Gasteiger partial charge < -0.3 is 24.6 Å². The lowest BCUT2D eigenvalue weighted by Gasteiger charge is -2.24. The number of rotatable bonds is 13. The third-order valence-electron chi connectivity index (χ3n) is 10.8. The molecule has 2 aliphatic carbocycles. The van der Waals surface area contributed by atoms with Crippen LogP contribution in [0, 0.1) is 5.92 Å². The summed E-state index contributed by atoms with van der Waals surface area (Å²) in [6, 6.07) is 15.3. The van der Waals surface area contributed by atoms with Gasteiger partial charge in [0.1, 0.15) is 23.5 Å². The van der Waals surface area contributed by atoms with Crippen LogP contribution in [0.15, 0.2) is 54.6 Å². The second kappa shape index (κ2) is 16.2. The van der Waals surface area contributed by atoms with E-state index in [-0.39, 0.29) is 18.0 Å². The summed E-state index contributed by atoms with van der Waals surface area (Å²) in [6.07, 6.45) is -1.36. The number of methoxy groups -OCH3 is 2. The van der Waals surface area contributed by atoms with Crippen molar-refractivity contribution in [3.8, 4) is 40.0 Å². The number of nitrogens with zero attached hydrogens (tertiary/aromatic N) is 3. The molecule has 290 valence electrons. The number of likely N-dealkylation sites (tertiary alicyclic amines) is 1. The molecule has 3 heterocycles. The molecule has 0 bridgehead atoms. The molecule has 0 radical (unpaired) electrons. The number of carbonyl (C=O) groups is 2. The second-order valence-electron chi connectivity index (χ2n) is 14.3. The average molecular weight is 779 g/mol. The van der Waals surface area contributed by atoms with Crippen molar-refractivity contribution >= 4 is 23.4 Å². The Morgan fingerprint density at radius 2 is 1.69 bits per heavy atom. The minimum Gasteiger partial charge on any atom is -0.481 e. The van der Waals surface area contributed by atoms with E-state index in [1.807, 2.05) is 48.5 Å². The molecule has 0 amide bonds. The van der Waals surface area contributed by atoms with Gasteiger partial charge in [-0.05, 0) is 79.9 Å². The average Bonchev–Trinajstić information content (AvgIpc) is 3.92. The van der Waals surface area contributed by atoms with Gasteiger partial charge in [0.15, 0.2) is 0 Å². The molecular weight excluding hydrogens is 737 g/mol. The SMILES string of the molecule is COc1nc(-c2cccc(-c3cccc4c3CC[C@@H]4Oc3nc(OC)c(CN4CCC[C@H]4C(=O)O)cc3C(F)(F)F)c2Cl)ccc1CNC[C@@H]1CCC(=O)C1. The normalized spacial score (nSPS) is 19.8. The number of hydrogen-bond donors (Lipinski definition) is 2. The first-order valence-electron chi connectivity index (χ1n) is 18.4. The third-order valence-corrected chi connectivity index (χ3v) is 11.2. The number of ether oxygens (including phenoxy) is 3. The van der Waals surface area contributed by atoms with Crippen molar-refractivity contribution in [2.45, 2.75) is 76.4 Å². The highest BCUT2D eigenvalue weighted by molar-refractivity contribution is 6.36. The van der Waals surface area contributed by atoms with Gasteiger partial charge >= 0.3 is 12.1 Å². The molecule has 2 aromatic heterocycles. The van der Waals surface area contributed by atoms with Crippen molar-refractivity contribution in [1.82, 2.24) is 20.2 Å². The summed E-state index contributed by atoms with van der Waals surface area (Å²) in [5.41, 5.74) is 4.50. The Bertz CT molecular complexity index is 2100. The lowest BCUT2D eigenvalue weighted by molar-refractivity contribution is -0.143. The molecule has 2 fully saturated rings. The Balaban J connectivity index is 1.13. The van der Waals surface area contributed by atoms with E-state index >= 15 is 0 Å². The van der Waals surface area contributed by atoms with Crippen LogP contribution in [0.5, 0.6) is 17.6 Å². The maximum absolute atomic E-state index is 14.5. The van der Waals surface area contributed by atoms with E-state index < -0.39 is 35.7 Å². The topological polar surface area (TPSA) is 123 Å². The van der Waals surface area contributed by atoms with E-state index in [1.165, 1.54) is 7.11 Å². The highest BCUT2D eigenvalue weighted by Crippen LogP contribution is 2.46. The van der Waals surface area contributed by atoms with Gasteiger partial charge in [-0.2, -0.15) is 18.2 Å². The molecule has 7 rings (SSSR count). The second-order valence-corrected chi connectivity index (χ2v) is 14.7. The summed E-state index contributed by atoms with van der Waals surface area (Å²) in [4.78, 5) is 34.0. The van der Waals surface area contributed by atoms with Gasteiger partial charge in [0, 0.05) is 48.2 Å². The van der Waals surface area contributed by atoms with Gasteiger partial charge in [0.25, 0.3) is 0 Å². The molecule has 1 aliphatic heterocycles. The molecule has 4 aromatic rings. The van der Waals surface area contributed by atoms with Crippen LogP contribution in [0.3, 0.4) is 0 Å². The molecule has 3 atom stereocenters. The molecule has 10 nitrogen and oxygen atoms in total. The standard InChI is InChI=1S/C41H42ClF3N4O6/c1-53-37-24(21-46-20-23-11-13-26(50)18-23)12-15-33(47-37)31-9-4-8-30(36(31)42)27-6-3-7-29-28(27)14-16-35(29)55-39-32(41(43,44)45)19-25(38(48-39)54-2)22-49-17-5-10-34(49)40(51)52/h3-4,6-9,12,15,19,23,34-35,46H,5,10-11,13-14,16-18,20-22H2,1-2H3,(H,51,52)/t23-,34+,35+/m1/s1. The molecule has 1 saturated carbocycles. The number of Topliss-reactive ketones (excluding diaryl/α,β-unsaturated/α-hetero) is 1. The number of aliphatic carboxylic acids is 1. The number of pyridine rings is 2. The Morgan fingerprint density at radius 1 is 0.945 bits per heavy atom. The lowest BCUT2D eigenvalue weighted by atomic mass is 9.94. The highest BCUT2D eigenvalue weighted by Gasteiger charge is 2.40. The largest absolute Gasteiger partial charge is 0.481 e. The lowest BCUT2D eigenvalue weighted by Crippen LogP contribution is -2.35. The molecule has 55 heavy (non-hydrogen) atoms. The maximum Gasteiger partial charge on any atom is 0.421 e. The first-order valence-corrected chi connectivity index (χ1v) is 18.8. The fourth-order valence-electron chi connectivity index (χ4n) is 8.09. The van der Waals surface area contributed by atoms with Crippen molar-refractivity contribution in [2.24, 2.45) is 5.92 Å². The fourth-order valence-corrected chi connectivity index (χ4v) is 8.41. The summed E-state index contributed by atoms with van der Waals surface area (Å²) in [6.45, 7) is 1.67. The molecule has 2 N–H and O–H groups in total. The van der Waals surface area contributed by atoms with Crippen molar-refractivity contribution in [2.75, 3.05) is 27.3 Å². The summed E-state index contributed by atoms with van der Waals surface area (Å²) in [5, 5.41) is 13.5. The Labute approximate surface area is 322 Å². The summed E-state index contributed by atoms with van der Waals surface area (Å²) in [7, 11) is 2.88. The molecule has 0 spiro atoms. The highest BCUT2D eigenvalue weighted by atomic mass is 35.5. The van der Waals surface area contributed by atoms with Gasteiger partial charge in [0.2, 0.25) is 17.6 Å². The molecule has 0 unspecified atom stereocenters. The van der Waals surface area contributed by atoms with Crippen LogP contribution in [0.2, 0.25) is 5.02 Å². The minimum atomic E-state index is -4.79. The number of fused-ring (bicyclic) bond motifs is 1. The Kier molecular flexibility index (Phi) is 11.3. The third kappa shape index (κ3) is 8.15. The van der Waals surface area contributed by atoms with Crippen molar-refractivity contribution < 1.29 is 42.1 Å². The van der Waals surface area contributed by atoms with E-state index in [9.17, 15) is 27.9 Å². The van der Waals surface area contributed by atoms with Gasteiger partial charge in [0.05, 0.1) is 24.9 Å². The number of benzene rings is 2. The molecule has 3 aliphatic rings. The van der Waals surface area contributed by atoms with E-state index in [2.05, 4.69) is 10.3 Å². The van der Waals surface area contributed by atoms with Gasteiger partial charge in [-0.1, -0.05) is 54.1 Å². The first kappa shape index (κ1) is 38.6. The number of carboxylic acids is 1. The molecular formula is C41H42ClF3N4O6. The monoisotopic (exact) mass is 778 g/mol. The maximum atomic E-state index is 14.5. The smallest absolute Gasteiger partial charge is 0.421 e. The number of aromatic nitrogens is 2. The van der Waals surface area contributed by atoms with Crippen LogP contribution in [-0.2, 0) is 35.3 Å². The number of halogens is 4. The first-order chi connectivity index (χ1) is 26.4. The van der Waals surface area contributed by atoms with Crippen LogP contribution in [-0.4, -0.2) is 65.1 Å². The van der Waals surface area contributed by atoms with Crippen LogP contribution in [0.4, 0.5) is 13.2 Å². The predicted molar refractivity (Wildman–Crippen MR) is 199 cm³/mol. The van der Waals surface area contributed by atoms with Crippen molar-refractivity contribution in [3.63, 3.8) is 0 Å². The van der Waals surface area contributed by atoms with Crippen LogP contribution in [0.1, 0.15) is 72.4 Å². The number of alkyl halides is 3. The number of ketones is 1. The van der Waals surface area contributed by atoms with E-state index in [0.29, 0.717) is 85.5 Å². The van der Waals surface area contributed by atoms with Crippen molar-refractivity contribution in [1.29, 1.82) is 0 Å². The predicted octanol–water partition coefficient (Wildman–Crippen LogP) is 8.07. The number of nitrogens with one attached hydrogen (secondary N) is 1. The van der Waals surface area contributed by atoms with Gasteiger partial charge in [-0.25, -0.2) is 4.98 Å². The molecule has 2 aromatic carbocycles. The zero-order valence-electron chi connectivity index (χ0n) is 30.5. The van der Waals surface area contributed by atoms with E-state index in [0.717, 1.165) is 46.8 Å². The Hall–Kier alpha value is -4.72. The zero-order valence-corrected chi connectivity index (χ0v) is 31.3. The van der Waals surface area contributed by atoms with Crippen LogP contribution >= 0.6 is 11.6 Å². The summed E-state index contributed by atoms with van der Waals surface area (Å²) in [5.74, 6) is -0.537. The quantitative estimate of drug-likeness (QED) is 0.138. The van der Waals surface area contributed by atoms with E-state index in [4.69, 9.17) is 30.8 Å². The van der Waals surface area contributed by atoms with Crippen LogP contribution in [0.25, 0.3) is 22.4 Å². The van der Waals surface area contributed by atoms with Crippen molar-refractivity contribution in [3.05, 3.63) is 87.4 Å². The minimum absolute atomic E-state index is 0.0501. The summed E-state index contributed by atoms with van der Waals surface area (Å²) < 4.78 is 60.8. The zero-order chi connectivity index (χ0) is 38.9. The molecule has 1 saturated heterocycles. The van der Waals surface area contributed by atoms with Gasteiger partial charge in [-0.3, -0.25) is 14.5 Å². The van der Waals surface area contributed by atoms with E-state index in [1.54, 1.807) is 12.0 Å². The van der Waals surface area contributed by atoms with Crippen LogP contribution < -0.4 is 19.5 Å². The van der Waals surface area contributed by atoms with Gasteiger partial charge in [-0.15, -0.1) is 0 Å². The number of hydrogen-bond acceptors (Lipinski definition) is 9. The molecule has 14 heteroatoms. The fraction of sp³-hybridized carbons (Fsp3) is 0.415.